The van der Waals surface area contributed by atoms with Gasteiger partial charge in [0.15, 0.2) is 0 Å². The molecule has 0 radical (unpaired) electrons. The molecule has 1 heterocycles. The number of aromatic nitrogens is 1. The maximum atomic E-state index is 11.1. The van der Waals surface area contributed by atoms with Crippen LogP contribution in [0.5, 0.6) is 0 Å². The fraction of sp³-hybridized carbons (Fsp3) is 0.845. The van der Waals surface area contributed by atoms with Crippen LogP contribution in [0, 0.1) is 88.8 Å². The lowest BCUT2D eigenvalue weighted by atomic mass is 9.69. The average Bonchev–Trinajstić information content (AvgIpc) is 3.66. The minimum atomic E-state index is 0.224. The Labute approximate surface area is 464 Å². The Morgan fingerprint density at radius 2 is 0.753 bits per heavy atom. The van der Waals surface area contributed by atoms with Gasteiger partial charge in [-0.1, -0.05) is 251 Å². The van der Waals surface area contributed by atoms with Gasteiger partial charge >= 0.3 is 0 Å². The van der Waals surface area contributed by atoms with E-state index in [1.54, 1.807) is 0 Å². The Morgan fingerprint density at radius 3 is 1.03 bits per heavy atom. The molecule has 2 heteroatoms. The van der Waals surface area contributed by atoms with Gasteiger partial charge in [0.25, 0.3) is 0 Å². The molecule has 1 fully saturated rings. The van der Waals surface area contributed by atoms with E-state index >= 15 is 0 Å². The van der Waals surface area contributed by atoms with Crippen molar-refractivity contribution in [1.29, 1.82) is 0 Å². The number of aromatic amines is 1. The largest absolute Gasteiger partial charge is 0.362 e. The zero-order chi connectivity index (χ0) is 57.8. The van der Waals surface area contributed by atoms with E-state index in [2.05, 4.69) is 201 Å². The van der Waals surface area contributed by atoms with E-state index < -0.39 is 0 Å². The summed E-state index contributed by atoms with van der Waals surface area (Å²) in [6.45, 7) is 64.5. The van der Waals surface area contributed by atoms with Crippen LogP contribution < -0.4 is 0 Å². The third kappa shape index (κ3) is 60.9. The molecule has 0 unspecified atom stereocenters. The van der Waals surface area contributed by atoms with Crippen LogP contribution in [0.1, 0.15) is 300 Å². The molecule has 0 spiro atoms. The summed E-state index contributed by atoms with van der Waals surface area (Å²) in [6.07, 6.45) is 20.7. The van der Waals surface area contributed by atoms with Crippen molar-refractivity contribution in [3.8, 4) is 0 Å². The molecule has 1 aliphatic rings. The lowest BCUT2D eigenvalue weighted by molar-refractivity contribution is -0.122. The van der Waals surface area contributed by atoms with E-state index in [-0.39, 0.29) is 5.92 Å². The Morgan fingerprint density at radius 1 is 0.425 bits per heavy atom. The summed E-state index contributed by atoms with van der Waals surface area (Å²) in [5, 5.41) is 0. The summed E-state index contributed by atoms with van der Waals surface area (Å²) in [7, 11) is 0. The second kappa shape index (κ2) is 51.0. The molecule has 0 bridgehead atoms. The molecule has 0 saturated heterocycles. The summed E-state index contributed by atoms with van der Waals surface area (Å²) in [6, 6.07) is 13.5. The predicted octanol–water partition coefficient (Wildman–Crippen LogP) is 23.9. The first-order valence-corrected chi connectivity index (χ1v) is 31.7. The van der Waals surface area contributed by atoms with Crippen molar-refractivity contribution in [1.82, 2.24) is 4.98 Å². The van der Waals surface area contributed by atoms with E-state index in [0.29, 0.717) is 5.78 Å². The van der Waals surface area contributed by atoms with Crippen LogP contribution in [0.3, 0.4) is 0 Å². The molecule has 3 rings (SSSR count). The zero-order valence-corrected chi connectivity index (χ0v) is 55.8. The van der Waals surface area contributed by atoms with Crippen molar-refractivity contribution >= 4 is 5.78 Å². The maximum absolute atomic E-state index is 11.1. The number of carbonyl (C=O) groups excluding carboxylic acids is 1. The molecule has 73 heavy (non-hydrogen) atoms. The first kappa shape index (κ1) is 80.0. The van der Waals surface area contributed by atoms with Crippen molar-refractivity contribution in [2.45, 2.75) is 304 Å². The molecule has 1 aliphatic carbocycles. The highest BCUT2D eigenvalue weighted by molar-refractivity contribution is 5.80. The van der Waals surface area contributed by atoms with E-state index in [9.17, 15) is 4.79 Å². The van der Waals surface area contributed by atoms with Crippen molar-refractivity contribution < 1.29 is 4.79 Å². The van der Waals surface area contributed by atoms with Crippen LogP contribution in [-0.4, -0.2) is 10.8 Å². The van der Waals surface area contributed by atoms with Crippen LogP contribution >= 0.6 is 0 Å². The van der Waals surface area contributed by atoms with Crippen LogP contribution in [0.15, 0.2) is 36.4 Å². The predicted molar refractivity (Wildman–Crippen MR) is 339 cm³/mol. The van der Waals surface area contributed by atoms with Gasteiger partial charge in [-0.2, -0.15) is 0 Å². The van der Waals surface area contributed by atoms with Crippen LogP contribution in [-0.2, 0) is 30.5 Å². The third-order valence-electron chi connectivity index (χ3n) is 12.4. The lowest BCUT2D eigenvalue weighted by Gasteiger charge is -2.37. The van der Waals surface area contributed by atoms with Crippen LogP contribution in [0.4, 0.5) is 0 Å². The standard InChI is InChI=1S/C14H22.C12H21N.C12H24.C10H20O.C10H22.C9H20.2C2H6/c1-11(2)8-13-6-5-7-14(10-13)9-12(3)4;1-9(2)7-11-5-6-12(13-11)8-10(3)4;1-9(2)5-11-7-12(8-11)6-10(3)4;1-8(2)6-5-7-10(11)9(3)4;1-8(2)6-10(5)7-9(3)4;1-8(2)6-5-7-9(3)4;2*1-2/h5-7,10-12H,8-9H2,1-4H3;5-6,9-10,13H,7-8H2,1-4H3;9-12H,5-8H2,1-4H3;8-9H,5-7H2,1-4H3;8-10H,6-7H2,1-5H3;8-9H,5-7H2,1-4H3;2*1-2H3. The first-order chi connectivity index (χ1) is 33.9. The number of hydrogen-bond donors (Lipinski definition) is 1. The third-order valence-corrected chi connectivity index (χ3v) is 12.4. The normalized spacial score (nSPS) is 13.9. The number of hydrogen-bond acceptors (Lipinski definition) is 1. The van der Waals surface area contributed by atoms with Crippen LogP contribution in [0.25, 0.3) is 0 Å². The molecule has 0 amide bonds. The highest BCUT2D eigenvalue weighted by Gasteiger charge is 2.29. The smallest absolute Gasteiger partial charge is 0.135 e. The zero-order valence-electron chi connectivity index (χ0n) is 55.8. The fourth-order valence-corrected chi connectivity index (χ4v) is 9.64. The molecule has 1 aromatic heterocycles. The van der Waals surface area contributed by atoms with Gasteiger partial charge in [-0.15, -0.1) is 0 Å². The molecule has 1 N–H and O–H groups in total. The number of benzene rings is 1. The summed E-state index contributed by atoms with van der Waals surface area (Å²) >= 11 is 0. The topological polar surface area (TPSA) is 32.9 Å². The van der Waals surface area contributed by atoms with Gasteiger partial charge in [-0.3, -0.25) is 4.79 Å². The van der Waals surface area contributed by atoms with Gasteiger partial charge in [-0.25, -0.2) is 0 Å². The summed E-state index contributed by atoms with van der Waals surface area (Å²) in [4.78, 5) is 14.6. The molecular weight excluding hydrogens is 883 g/mol. The van der Waals surface area contributed by atoms with Crippen molar-refractivity contribution in [3.05, 3.63) is 58.9 Å². The Kier molecular flexibility index (Phi) is 55.9. The van der Waals surface area contributed by atoms with E-state index in [4.69, 9.17) is 0 Å². The summed E-state index contributed by atoms with van der Waals surface area (Å²) in [5.41, 5.74) is 5.73. The van der Waals surface area contributed by atoms with Gasteiger partial charge in [-0.05, 0) is 177 Å². The minimum absolute atomic E-state index is 0.224. The molecule has 1 saturated carbocycles. The molecule has 0 atom stereocenters. The molecule has 2 aromatic rings. The highest BCUT2D eigenvalue weighted by atomic mass is 16.1. The number of ketones is 1. The van der Waals surface area contributed by atoms with E-state index in [1.807, 2.05) is 41.5 Å². The molecular formula is C71H141NO. The van der Waals surface area contributed by atoms with Gasteiger partial charge < -0.3 is 4.98 Å². The van der Waals surface area contributed by atoms with Crippen molar-refractivity contribution in [3.63, 3.8) is 0 Å². The van der Waals surface area contributed by atoms with Gasteiger partial charge in [0.1, 0.15) is 5.78 Å². The number of rotatable bonds is 25. The molecule has 0 aliphatic heterocycles. The second-order valence-corrected chi connectivity index (χ2v) is 27.2. The first-order valence-electron chi connectivity index (χ1n) is 31.7. The van der Waals surface area contributed by atoms with Crippen LogP contribution in [0.2, 0.25) is 0 Å². The quantitative estimate of drug-likeness (QED) is 0.106. The highest BCUT2D eigenvalue weighted by Crippen LogP contribution is 2.41. The summed E-state index contributed by atoms with van der Waals surface area (Å²) < 4.78 is 0. The Bertz CT molecular complexity index is 1330. The van der Waals surface area contributed by atoms with Gasteiger partial charge in [0.05, 0.1) is 0 Å². The Hall–Kier alpha value is -1.83. The molecule has 436 valence electrons. The van der Waals surface area contributed by atoms with Crippen molar-refractivity contribution in [2.75, 3.05) is 0 Å². The van der Waals surface area contributed by atoms with Gasteiger partial charge in [0.2, 0.25) is 0 Å². The summed E-state index contributed by atoms with van der Waals surface area (Å²) in [5.74, 6) is 12.8. The number of carbonyl (C=O) groups is 1. The minimum Gasteiger partial charge on any atom is -0.362 e. The van der Waals surface area contributed by atoms with E-state index in [0.717, 1.165) is 109 Å². The van der Waals surface area contributed by atoms with E-state index in [1.165, 1.54) is 99.6 Å². The molecule has 2 nitrogen and oxygen atoms in total. The Balaban J connectivity index is -0.000000251. The molecule has 1 aromatic carbocycles. The monoisotopic (exact) mass is 1020 g/mol. The fourth-order valence-electron chi connectivity index (χ4n) is 9.64. The number of H-pyrrole nitrogens is 1. The SMILES string of the molecule is CC.CC.CC(C)CC(C)CC(C)C.CC(C)CC1CC(CC(C)C)C1.CC(C)CCCC(=O)C(C)C.CC(C)CCCC(C)C.CC(C)Cc1ccc(CC(C)C)[nH]1.CC(C)Cc1cccc(CC(C)C)c1. The second-order valence-electron chi connectivity index (χ2n) is 27.2. The number of nitrogens with one attached hydrogen (secondary N) is 1. The average molecular weight is 1020 g/mol. The maximum Gasteiger partial charge on any atom is 0.135 e. The number of Topliss-reactive ketones (excluding diaryl/α,β-unsaturated/α-hetero) is 1. The van der Waals surface area contributed by atoms with Gasteiger partial charge in [0, 0.05) is 23.7 Å². The van der Waals surface area contributed by atoms with Crippen molar-refractivity contribution in [2.24, 2.45) is 88.8 Å². The lowest BCUT2D eigenvalue weighted by Crippen LogP contribution is -2.25.